The van der Waals surface area contributed by atoms with Crippen LogP contribution in [0, 0.1) is 0 Å². The summed E-state index contributed by atoms with van der Waals surface area (Å²) in [5, 5.41) is 0. The van der Waals surface area contributed by atoms with Gasteiger partial charge in [0.15, 0.2) is 6.20 Å². The molecular formula is C64H62N3O+. The monoisotopic (exact) mass is 888 g/mol. The van der Waals surface area contributed by atoms with E-state index in [4.69, 9.17) is 4.74 Å². The number of hydrogen-bond donors (Lipinski definition) is 0. The van der Waals surface area contributed by atoms with E-state index in [1.54, 1.807) is 0 Å². The third-order valence-electron chi connectivity index (χ3n) is 15.1. The molecule has 338 valence electrons. The summed E-state index contributed by atoms with van der Waals surface area (Å²) in [7, 11) is 0. The minimum atomic E-state index is -1.04. The van der Waals surface area contributed by atoms with E-state index in [9.17, 15) is 0 Å². The Kier molecular flexibility index (Phi) is 9.23. The van der Waals surface area contributed by atoms with Crippen LogP contribution in [0.15, 0.2) is 164 Å². The quantitative estimate of drug-likeness (QED) is 0.155. The van der Waals surface area contributed by atoms with Crippen molar-refractivity contribution in [1.29, 1.82) is 0 Å². The number of nitrogens with zero attached hydrogens (tertiary/aromatic N) is 3. The predicted molar refractivity (Wildman–Crippen MR) is 282 cm³/mol. The SMILES string of the molecule is CCCc1ccc(N2c3cccc4c3N3C2c2cc(C(C)(C)C)cc(C(C)(C)C)c2OC32c3c-4cc(C(C)(C)C)cc3-c3cc(-c4ccc(-c5ccccc5)cc4)cc[n+]32)c(-c2ccccc2)c1. The zero-order valence-corrected chi connectivity index (χ0v) is 41.3. The standard InChI is InChI=1S/C64H62N3O/c1-11-19-40-26-31-54(49(34-40)44-22-16-13-17-23-44)66-55-25-18-24-48-50-36-46(61(2,3)4)37-51-56-35-45(43-29-27-42(28-30-43)41-20-14-12-15-21-41)32-33-65(56)64(57(50)51)67(58(48)55)60(66)52-38-47(62(5,6)7)39-53(59(52)68-64)63(8,9)10/h12-18,20-39,60H,11,19H2,1-10H3/q+1. The number of aryl methyl sites for hydroxylation is 1. The molecule has 0 radical (unpaired) electrons. The second-order valence-corrected chi connectivity index (χ2v) is 22.7. The molecule has 0 saturated carbocycles. The summed E-state index contributed by atoms with van der Waals surface area (Å²) in [6.45, 7) is 23.4. The molecule has 5 heterocycles. The van der Waals surface area contributed by atoms with Gasteiger partial charge in [0.2, 0.25) is 5.69 Å². The highest BCUT2D eigenvalue weighted by Gasteiger charge is 2.70. The van der Waals surface area contributed by atoms with Crippen LogP contribution in [0.5, 0.6) is 5.75 Å². The van der Waals surface area contributed by atoms with Gasteiger partial charge in [-0.1, -0.05) is 185 Å². The van der Waals surface area contributed by atoms with E-state index in [0.29, 0.717) is 0 Å². The van der Waals surface area contributed by atoms with E-state index in [-0.39, 0.29) is 22.4 Å². The molecule has 2 unspecified atom stereocenters. The lowest BCUT2D eigenvalue weighted by atomic mass is 9.77. The summed E-state index contributed by atoms with van der Waals surface area (Å²) < 4.78 is 10.7. The van der Waals surface area contributed by atoms with Crippen molar-refractivity contribution in [3.8, 4) is 61.5 Å². The Hall–Kier alpha value is -6.91. The van der Waals surface area contributed by atoms with Crippen molar-refractivity contribution in [2.45, 2.75) is 110 Å². The van der Waals surface area contributed by atoms with Gasteiger partial charge in [-0.05, 0) is 104 Å². The van der Waals surface area contributed by atoms with E-state index in [1.807, 2.05) is 0 Å². The number of rotatable bonds is 6. The summed E-state index contributed by atoms with van der Waals surface area (Å²) in [6.07, 6.45) is 4.20. The van der Waals surface area contributed by atoms with Crippen LogP contribution < -0.4 is 19.1 Å². The first-order valence-corrected chi connectivity index (χ1v) is 24.8. The third-order valence-corrected chi connectivity index (χ3v) is 15.1. The van der Waals surface area contributed by atoms with Crippen molar-refractivity contribution >= 4 is 17.1 Å². The number of para-hydroxylation sites is 1. The van der Waals surface area contributed by atoms with E-state index < -0.39 is 5.85 Å². The molecule has 0 bridgehead atoms. The molecule has 8 aromatic rings. The smallest absolute Gasteiger partial charge is 0.410 e. The highest BCUT2D eigenvalue weighted by Crippen LogP contribution is 2.68. The molecule has 1 spiro atoms. The second kappa shape index (κ2) is 14.8. The molecule has 0 fully saturated rings. The van der Waals surface area contributed by atoms with Crippen LogP contribution >= 0.6 is 0 Å². The maximum atomic E-state index is 8.21. The minimum Gasteiger partial charge on any atom is -0.410 e. The van der Waals surface area contributed by atoms with Crippen molar-refractivity contribution in [3.05, 3.63) is 197 Å². The van der Waals surface area contributed by atoms with Gasteiger partial charge in [-0.2, -0.15) is 0 Å². The summed E-state index contributed by atoms with van der Waals surface area (Å²) in [4.78, 5) is 5.36. The Morgan fingerprint density at radius 3 is 1.82 bits per heavy atom. The highest BCUT2D eigenvalue weighted by atomic mass is 16.5. The van der Waals surface area contributed by atoms with Crippen LogP contribution in [-0.2, 0) is 28.5 Å². The number of ether oxygens (including phenoxy) is 1. The first-order chi connectivity index (χ1) is 32.6. The molecule has 12 rings (SSSR count). The molecule has 7 aromatic carbocycles. The Balaban J connectivity index is 1.18. The first kappa shape index (κ1) is 42.4. The third kappa shape index (κ3) is 6.22. The van der Waals surface area contributed by atoms with Crippen LogP contribution in [0.2, 0.25) is 0 Å². The van der Waals surface area contributed by atoms with Gasteiger partial charge in [0.1, 0.15) is 17.5 Å². The number of benzene rings is 7. The molecule has 4 aliphatic heterocycles. The van der Waals surface area contributed by atoms with Crippen molar-refractivity contribution in [2.75, 3.05) is 9.80 Å². The predicted octanol–water partition coefficient (Wildman–Crippen LogP) is 16.2. The summed E-state index contributed by atoms with van der Waals surface area (Å²) in [6, 6.07) is 59.6. The molecule has 68 heavy (non-hydrogen) atoms. The van der Waals surface area contributed by atoms with Crippen molar-refractivity contribution in [3.63, 3.8) is 0 Å². The first-order valence-electron chi connectivity index (χ1n) is 24.8. The lowest BCUT2D eigenvalue weighted by molar-refractivity contribution is -0.774. The number of anilines is 3. The Bertz CT molecular complexity index is 3330. The Labute approximate surface area is 403 Å². The van der Waals surface area contributed by atoms with Crippen LogP contribution in [0.3, 0.4) is 0 Å². The van der Waals surface area contributed by atoms with Crippen molar-refractivity contribution < 1.29 is 9.30 Å². The zero-order chi connectivity index (χ0) is 47.1. The van der Waals surface area contributed by atoms with Crippen LogP contribution in [0.4, 0.5) is 17.1 Å². The Morgan fingerprint density at radius 2 is 1.16 bits per heavy atom. The fourth-order valence-electron chi connectivity index (χ4n) is 11.6. The summed E-state index contributed by atoms with van der Waals surface area (Å²) in [5.74, 6) is -0.0606. The van der Waals surface area contributed by atoms with Gasteiger partial charge in [0, 0.05) is 39.9 Å². The average Bonchev–Trinajstić information content (AvgIpc) is 3.82. The van der Waals surface area contributed by atoms with E-state index >= 15 is 0 Å². The van der Waals surface area contributed by atoms with Gasteiger partial charge >= 0.3 is 5.85 Å². The Morgan fingerprint density at radius 1 is 0.529 bits per heavy atom. The molecule has 4 aliphatic rings. The topological polar surface area (TPSA) is 19.6 Å². The molecule has 2 atom stereocenters. The maximum absolute atomic E-state index is 8.21. The van der Waals surface area contributed by atoms with Gasteiger partial charge in [-0.3, -0.25) is 0 Å². The number of fused-ring (bicyclic) bond motifs is 5. The van der Waals surface area contributed by atoms with Gasteiger partial charge in [0.25, 0.3) is 0 Å². The normalized spacial score (nSPS) is 17.4. The molecule has 0 amide bonds. The lowest BCUT2D eigenvalue weighted by Gasteiger charge is -2.49. The highest BCUT2D eigenvalue weighted by molar-refractivity contribution is 6.03. The van der Waals surface area contributed by atoms with Gasteiger partial charge < -0.3 is 9.64 Å². The second-order valence-electron chi connectivity index (χ2n) is 22.7. The van der Waals surface area contributed by atoms with Crippen molar-refractivity contribution in [1.82, 2.24) is 0 Å². The van der Waals surface area contributed by atoms with Gasteiger partial charge in [-0.25, -0.2) is 4.90 Å². The van der Waals surface area contributed by atoms with Crippen LogP contribution in [0.1, 0.15) is 115 Å². The number of pyridine rings is 1. The molecule has 0 saturated heterocycles. The molecule has 0 N–H and O–H groups in total. The largest absolute Gasteiger partial charge is 0.432 e. The van der Waals surface area contributed by atoms with Crippen molar-refractivity contribution in [2.24, 2.45) is 0 Å². The molecule has 1 aromatic heterocycles. The van der Waals surface area contributed by atoms with Gasteiger partial charge in [0.05, 0.1) is 22.6 Å². The number of aromatic nitrogens is 1. The number of hydrogen-bond acceptors (Lipinski definition) is 3. The minimum absolute atomic E-state index is 0.0992. The fourth-order valence-corrected chi connectivity index (χ4v) is 11.6. The summed E-state index contributed by atoms with van der Waals surface area (Å²) >= 11 is 0. The molecule has 0 aliphatic carbocycles. The molecular weight excluding hydrogens is 827 g/mol. The molecule has 4 heteroatoms. The zero-order valence-electron chi connectivity index (χ0n) is 41.3. The summed E-state index contributed by atoms with van der Waals surface area (Å²) in [5.41, 5.74) is 23.0. The van der Waals surface area contributed by atoms with E-state index in [1.165, 1.54) is 101 Å². The van der Waals surface area contributed by atoms with Crippen LogP contribution in [-0.4, -0.2) is 0 Å². The lowest BCUT2D eigenvalue weighted by Crippen LogP contribution is -2.71. The fraction of sp³-hybridized carbons (Fsp3) is 0.266. The van der Waals surface area contributed by atoms with Gasteiger partial charge in [-0.15, -0.1) is 4.57 Å². The average molecular weight is 889 g/mol. The van der Waals surface area contributed by atoms with E-state index in [2.05, 4.69) is 248 Å². The van der Waals surface area contributed by atoms with Crippen LogP contribution in [0.25, 0.3) is 55.8 Å². The molecule has 4 nitrogen and oxygen atoms in total. The van der Waals surface area contributed by atoms with E-state index in [0.717, 1.165) is 24.3 Å². The maximum Gasteiger partial charge on any atom is 0.432 e.